The van der Waals surface area contributed by atoms with Gasteiger partial charge in [0.15, 0.2) is 0 Å². The minimum Gasteiger partial charge on any atom is -0.361 e. The molecule has 3 atom stereocenters. The second-order valence-corrected chi connectivity index (χ2v) is 7.98. The first kappa shape index (κ1) is 18.0. The summed E-state index contributed by atoms with van der Waals surface area (Å²) in [5, 5.41) is 4.17. The van der Waals surface area contributed by atoms with E-state index in [1.54, 1.807) is 6.07 Å². The van der Waals surface area contributed by atoms with Crippen molar-refractivity contribution in [2.45, 2.75) is 46.5 Å². The SMILES string of the molecule is CC(C)[C@@H]1CC[C@@H](C)C[C@H]1C(=O)NCCc1c[nH]c2cc(F)ccc12. The molecule has 1 saturated carbocycles. The molecule has 3 rings (SSSR count). The smallest absolute Gasteiger partial charge is 0.223 e. The average molecular weight is 344 g/mol. The van der Waals surface area contributed by atoms with Crippen LogP contribution in [0.1, 0.15) is 45.6 Å². The quantitative estimate of drug-likeness (QED) is 0.813. The highest BCUT2D eigenvalue weighted by atomic mass is 19.1. The summed E-state index contributed by atoms with van der Waals surface area (Å²) in [4.78, 5) is 15.8. The number of hydrogen-bond acceptors (Lipinski definition) is 1. The van der Waals surface area contributed by atoms with Crippen LogP contribution in [0.3, 0.4) is 0 Å². The van der Waals surface area contributed by atoms with Gasteiger partial charge in [0.05, 0.1) is 0 Å². The van der Waals surface area contributed by atoms with E-state index in [1.807, 2.05) is 6.20 Å². The summed E-state index contributed by atoms with van der Waals surface area (Å²) in [5.74, 6) is 1.78. The molecular weight excluding hydrogens is 315 g/mol. The number of aromatic nitrogens is 1. The zero-order chi connectivity index (χ0) is 18.0. The maximum absolute atomic E-state index is 13.3. The number of halogens is 1. The number of carbonyl (C=O) groups excluding carboxylic acids is 1. The summed E-state index contributed by atoms with van der Waals surface area (Å²) in [6, 6.07) is 4.79. The monoisotopic (exact) mass is 344 g/mol. The van der Waals surface area contributed by atoms with Crippen molar-refractivity contribution in [3.8, 4) is 0 Å². The predicted octanol–water partition coefficient (Wildman–Crippen LogP) is 4.67. The van der Waals surface area contributed by atoms with Crippen molar-refractivity contribution in [2.24, 2.45) is 23.7 Å². The molecular formula is C21H29FN2O. The molecule has 1 aliphatic rings. The fourth-order valence-electron chi connectivity index (χ4n) is 4.32. The lowest BCUT2D eigenvalue weighted by molar-refractivity contribution is -0.129. The Kier molecular flexibility index (Phi) is 5.45. The minimum atomic E-state index is -0.236. The summed E-state index contributed by atoms with van der Waals surface area (Å²) in [6.45, 7) is 7.33. The fraction of sp³-hybridized carbons (Fsp3) is 0.571. The van der Waals surface area contributed by atoms with Gasteiger partial charge in [0.2, 0.25) is 5.91 Å². The van der Waals surface area contributed by atoms with Crippen molar-refractivity contribution in [3.05, 3.63) is 35.8 Å². The van der Waals surface area contributed by atoms with E-state index in [-0.39, 0.29) is 17.6 Å². The Morgan fingerprint density at radius 1 is 1.36 bits per heavy atom. The standard InChI is InChI=1S/C21H29FN2O/c1-13(2)17-6-4-14(3)10-19(17)21(25)23-9-8-15-12-24-20-11-16(22)5-7-18(15)20/h5,7,11-14,17,19,24H,4,6,8-10H2,1-3H3,(H,23,25)/t14-,17+,19-/m1/s1. The largest absolute Gasteiger partial charge is 0.361 e. The van der Waals surface area contributed by atoms with Crippen LogP contribution in [-0.2, 0) is 11.2 Å². The highest BCUT2D eigenvalue weighted by Gasteiger charge is 2.35. The summed E-state index contributed by atoms with van der Waals surface area (Å²) in [7, 11) is 0. The van der Waals surface area contributed by atoms with E-state index in [1.165, 1.54) is 18.6 Å². The number of nitrogens with one attached hydrogen (secondary N) is 2. The van der Waals surface area contributed by atoms with Crippen molar-refractivity contribution in [3.63, 3.8) is 0 Å². The normalized spacial score (nSPS) is 24.0. The van der Waals surface area contributed by atoms with Crippen molar-refractivity contribution >= 4 is 16.8 Å². The molecule has 0 aliphatic heterocycles. The van der Waals surface area contributed by atoms with Crippen LogP contribution in [-0.4, -0.2) is 17.4 Å². The molecule has 0 unspecified atom stereocenters. The molecule has 136 valence electrons. The molecule has 1 aliphatic carbocycles. The lowest BCUT2D eigenvalue weighted by atomic mass is 9.70. The summed E-state index contributed by atoms with van der Waals surface area (Å²) in [5.41, 5.74) is 1.93. The third kappa shape index (κ3) is 4.05. The van der Waals surface area contributed by atoms with E-state index in [0.717, 1.165) is 35.7 Å². The Balaban J connectivity index is 1.59. The zero-order valence-corrected chi connectivity index (χ0v) is 15.4. The molecule has 1 fully saturated rings. The number of carbonyl (C=O) groups is 1. The Labute approximate surface area is 149 Å². The molecule has 1 amide bonds. The highest BCUT2D eigenvalue weighted by molar-refractivity contribution is 5.83. The van der Waals surface area contributed by atoms with Gasteiger partial charge < -0.3 is 10.3 Å². The van der Waals surface area contributed by atoms with Crippen LogP contribution in [0, 0.1) is 29.5 Å². The number of aromatic amines is 1. The first-order valence-electron chi connectivity index (χ1n) is 9.49. The summed E-state index contributed by atoms with van der Waals surface area (Å²) < 4.78 is 13.3. The third-order valence-corrected chi connectivity index (χ3v) is 5.78. The molecule has 0 spiro atoms. The Hall–Kier alpha value is -1.84. The van der Waals surface area contributed by atoms with Crippen LogP contribution in [0.2, 0.25) is 0 Å². The second kappa shape index (κ2) is 7.59. The van der Waals surface area contributed by atoms with E-state index in [2.05, 4.69) is 31.1 Å². The van der Waals surface area contributed by atoms with Gasteiger partial charge in [0.25, 0.3) is 0 Å². The number of hydrogen-bond donors (Lipinski definition) is 2. The van der Waals surface area contributed by atoms with Crippen LogP contribution in [0.25, 0.3) is 10.9 Å². The van der Waals surface area contributed by atoms with E-state index in [9.17, 15) is 9.18 Å². The number of amides is 1. The van der Waals surface area contributed by atoms with Gasteiger partial charge >= 0.3 is 0 Å². The molecule has 0 radical (unpaired) electrons. The van der Waals surface area contributed by atoms with Gasteiger partial charge in [-0.1, -0.05) is 27.2 Å². The number of fused-ring (bicyclic) bond motifs is 1. The van der Waals surface area contributed by atoms with Gasteiger partial charge in [-0.15, -0.1) is 0 Å². The van der Waals surface area contributed by atoms with E-state index >= 15 is 0 Å². The molecule has 25 heavy (non-hydrogen) atoms. The van der Waals surface area contributed by atoms with Gasteiger partial charge in [-0.25, -0.2) is 4.39 Å². The van der Waals surface area contributed by atoms with Gasteiger partial charge in [-0.05, 0) is 60.8 Å². The van der Waals surface area contributed by atoms with E-state index < -0.39 is 0 Å². The Morgan fingerprint density at radius 2 is 2.16 bits per heavy atom. The maximum atomic E-state index is 13.3. The number of rotatable bonds is 5. The van der Waals surface area contributed by atoms with E-state index in [4.69, 9.17) is 0 Å². The molecule has 0 saturated heterocycles. The molecule has 2 aromatic rings. The van der Waals surface area contributed by atoms with Crippen LogP contribution >= 0.6 is 0 Å². The Morgan fingerprint density at radius 3 is 2.92 bits per heavy atom. The predicted molar refractivity (Wildman–Crippen MR) is 99.8 cm³/mol. The molecule has 0 bridgehead atoms. The molecule has 4 heteroatoms. The molecule has 2 N–H and O–H groups in total. The third-order valence-electron chi connectivity index (χ3n) is 5.78. The lowest BCUT2D eigenvalue weighted by Gasteiger charge is -2.36. The van der Waals surface area contributed by atoms with Crippen LogP contribution < -0.4 is 5.32 Å². The molecule has 1 heterocycles. The molecule has 1 aromatic carbocycles. The van der Waals surface area contributed by atoms with Crippen molar-refractivity contribution in [1.82, 2.24) is 10.3 Å². The number of benzene rings is 1. The zero-order valence-electron chi connectivity index (χ0n) is 15.4. The molecule has 3 nitrogen and oxygen atoms in total. The molecule has 1 aromatic heterocycles. The van der Waals surface area contributed by atoms with Crippen molar-refractivity contribution in [1.29, 1.82) is 0 Å². The van der Waals surface area contributed by atoms with Crippen LogP contribution in [0.4, 0.5) is 4.39 Å². The first-order valence-corrected chi connectivity index (χ1v) is 9.49. The van der Waals surface area contributed by atoms with Gasteiger partial charge in [0.1, 0.15) is 5.82 Å². The second-order valence-electron chi connectivity index (χ2n) is 7.98. The van der Waals surface area contributed by atoms with Gasteiger partial charge in [-0.3, -0.25) is 4.79 Å². The highest BCUT2D eigenvalue weighted by Crippen LogP contribution is 2.38. The van der Waals surface area contributed by atoms with Crippen molar-refractivity contribution < 1.29 is 9.18 Å². The van der Waals surface area contributed by atoms with Crippen LogP contribution in [0.15, 0.2) is 24.4 Å². The maximum Gasteiger partial charge on any atom is 0.223 e. The average Bonchev–Trinajstić information content (AvgIpc) is 2.96. The minimum absolute atomic E-state index is 0.140. The Bertz CT molecular complexity index is 737. The number of H-pyrrole nitrogens is 1. The van der Waals surface area contributed by atoms with Gasteiger partial charge in [0, 0.05) is 29.6 Å². The van der Waals surface area contributed by atoms with Gasteiger partial charge in [-0.2, -0.15) is 0 Å². The lowest BCUT2D eigenvalue weighted by Crippen LogP contribution is -2.40. The van der Waals surface area contributed by atoms with Crippen LogP contribution in [0.5, 0.6) is 0 Å². The summed E-state index contributed by atoms with van der Waals surface area (Å²) >= 11 is 0. The van der Waals surface area contributed by atoms with E-state index in [0.29, 0.717) is 24.3 Å². The topological polar surface area (TPSA) is 44.9 Å². The summed E-state index contributed by atoms with van der Waals surface area (Å²) in [6.07, 6.45) is 6.06. The first-order chi connectivity index (χ1) is 12.0. The van der Waals surface area contributed by atoms with Crippen molar-refractivity contribution in [2.75, 3.05) is 6.54 Å². The fourth-order valence-corrected chi connectivity index (χ4v) is 4.32.